The minimum absolute atomic E-state index is 0.0243. The van der Waals surface area contributed by atoms with Crippen molar-refractivity contribution < 1.29 is 4.79 Å². The van der Waals surface area contributed by atoms with E-state index in [-0.39, 0.29) is 5.91 Å². The van der Waals surface area contributed by atoms with Gasteiger partial charge < -0.3 is 5.32 Å². The van der Waals surface area contributed by atoms with Crippen molar-refractivity contribution in [3.8, 4) is 0 Å². The van der Waals surface area contributed by atoms with Crippen LogP contribution >= 0.6 is 22.6 Å². The fraction of sp³-hybridized carbons (Fsp3) is 0.300. The van der Waals surface area contributed by atoms with E-state index in [2.05, 4.69) is 34.8 Å². The first-order chi connectivity index (χ1) is 6.02. The molecule has 13 heavy (non-hydrogen) atoms. The zero-order chi connectivity index (χ0) is 10.0. The van der Waals surface area contributed by atoms with Gasteiger partial charge in [-0.1, -0.05) is 0 Å². The van der Waals surface area contributed by atoms with Gasteiger partial charge in [0, 0.05) is 16.2 Å². The molecule has 0 aliphatic carbocycles. The van der Waals surface area contributed by atoms with Gasteiger partial charge in [-0.2, -0.15) is 0 Å². The van der Waals surface area contributed by atoms with E-state index in [1.54, 1.807) is 0 Å². The van der Waals surface area contributed by atoms with Crippen LogP contribution in [0.15, 0.2) is 12.1 Å². The van der Waals surface area contributed by atoms with Gasteiger partial charge >= 0.3 is 0 Å². The Morgan fingerprint density at radius 3 is 2.46 bits per heavy atom. The third-order valence-electron chi connectivity index (χ3n) is 2.03. The number of carbonyl (C=O) groups is 1. The predicted octanol–water partition coefficient (Wildman–Crippen LogP) is 2.87. The molecule has 1 N–H and O–H groups in total. The Labute approximate surface area is 91.9 Å². The van der Waals surface area contributed by atoms with Crippen LogP contribution in [0.25, 0.3) is 0 Å². The number of hydrogen-bond donors (Lipinski definition) is 1. The molecule has 0 unspecified atom stereocenters. The fourth-order valence-corrected chi connectivity index (χ4v) is 1.70. The third kappa shape index (κ3) is 2.43. The van der Waals surface area contributed by atoms with Gasteiger partial charge in [0.1, 0.15) is 0 Å². The quantitative estimate of drug-likeness (QED) is 0.791. The Bertz CT molecular complexity index is 347. The highest BCUT2D eigenvalue weighted by molar-refractivity contribution is 14.1. The van der Waals surface area contributed by atoms with Crippen molar-refractivity contribution in [3.63, 3.8) is 0 Å². The van der Waals surface area contributed by atoms with E-state index >= 15 is 0 Å². The first-order valence-electron chi connectivity index (χ1n) is 4.05. The number of nitrogens with one attached hydrogen (secondary N) is 1. The van der Waals surface area contributed by atoms with Crippen LogP contribution in [-0.4, -0.2) is 5.91 Å². The molecule has 0 saturated carbocycles. The zero-order valence-electron chi connectivity index (χ0n) is 7.94. The molecule has 0 saturated heterocycles. The van der Waals surface area contributed by atoms with E-state index < -0.39 is 0 Å². The molecule has 0 heterocycles. The van der Waals surface area contributed by atoms with Crippen LogP contribution in [0.2, 0.25) is 0 Å². The summed E-state index contributed by atoms with van der Waals surface area (Å²) in [5, 5.41) is 2.80. The lowest BCUT2D eigenvalue weighted by Crippen LogP contribution is -2.07. The SMILES string of the molecule is CC(=O)Nc1ccc(I)c(C)c1C. The van der Waals surface area contributed by atoms with Crippen LogP contribution in [0, 0.1) is 17.4 Å². The second kappa shape index (κ2) is 4.09. The Balaban J connectivity index is 3.10. The molecule has 0 aliphatic rings. The molecule has 0 spiro atoms. The Morgan fingerprint density at radius 1 is 1.31 bits per heavy atom. The molecular formula is C10H12INO. The minimum atomic E-state index is -0.0243. The fourth-order valence-electron chi connectivity index (χ4n) is 1.11. The average Bonchev–Trinajstić information content (AvgIpc) is 2.06. The minimum Gasteiger partial charge on any atom is -0.326 e. The topological polar surface area (TPSA) is 29.1 Å². The third-order valence-corrected chi connectivity index (χ3v) is 3.20. The van der Waals surface area contributed by atoms with Crippen molar-refractivity contribution in [2.75, 3.05) is 5.32 Å². The second-order valence-electron chi connectivity index (χ2n) is 3.03. The van der Waals surface area contributed by atoms with Gasteiger partial charge in [0.05, 0.1) is 0 Å². The first-order valence-corrected chi connectivity index (χ1v) is 5.13. The van der Waals surface area contributed by atoms with Crippen LogP contribution in [0.5, 0.6) is 0 Å². The molecule has 0 aromatic heterocycles. The average molecular weight is 289 g/mol. The smallest absolute Gasteiger partial charge is 0.221 e. The summed E-state index contributed by atoms with van der Waals surface area (Å²) < 4.78 is 1.23. The van der Waals surface area contributed by atoms with Crippen molar-refractivity contribution in [1.82, 2.24) is 0 Å². The van der Waals surface area contributed by atoms with Gasteiger partial charge in [0.2, 0.25) is 5.91 Å². The first kappa shape index (κ1) is 10.5. The molecule has 0 atom stereocenters. The zero-order valence-corrected chi connectivity index (χ0v) is 10.1. The van der Waals surface area contributed by atoms with E-state index in [0.717, 1.165) is 11.3 Å². The van der Waals surface area contributed by atoms with Gasteiger partial charge in [0.15, 0.2) is 0 Å². The maximum Gasteiger partial charge on any atom is 0.221 e. The molecule has 0 bridgehead atoms. The number of halogens is 1. The number of benzene rings is 1. The normalized spacial score (nSPS) is 9.85. The number of anilines is 1. The molecule has 2 nitrogen and oxygen atoms in total. The second-order valence-corrected chi connectivity index (χ2v) is 4.19. The van der Waals surface area contributed by atoms with Gasteiger partial charge in [-0.3, -0.25) is 4.79 Å². The summed E-state index contributed by atoms with van der Waals surface area (Å²) >= 11 is 2.29. The van der Waals surface area contributed by atoms with E-state index in [9.17, 15) is 4.79 Å². The van der Waals surface area contributed by atoms with Crippen molar-refractivity contribution in [2.24, 2.45) is 0 Å². The summed E-state index contributed by atoms with van der Waals surface area (Å²) in [5.74, 6) is -0.0243. The summed E-state index contributed by atoms with van der Waals surface area (Å²) in [4.78, 5) is 10.8. The summed E-state index contributed by atoms with van der Waals surface area (Å²) in [6.07, 6.45) is 0. The Kier molecular flexibility index (Phi) is 3.30. The van der Waals surface area contributed by atoms with Crippen LogP contribution in [-0.2, 0) is 4.79 Å². The summed E-state index contributed by atoms with van der Waals surface area (Å²) in [5.41, 5.74) is 3.28. The van der Waals surface area contributed by atoms with Gasteiger partial charge in [-0.15, -0.1) is 0 Å². The van der Waals surface area contributed by atoms with Crippen LogP contribution in [0.1, 0.15) is 18.1 Å². The maximum atomic E-state index is 10.8. The van der Waals surface area contributed by atoms with Gasteiger partial charge in [-0.25, -0.2) is 0 Å². The maximum absolute atomic E-state index is 10.8. The predicted molar refractivity (Wildman–Crippen MR) is 62.9 cm³/mol. The van der Waals surface area contributed by atoms with Gasteiger partial charge in [0.25, 0.3) is 0 Å². The molecule has 1 rings (SSSR count). The lowest BCUT2D eigenvalue weighted by molar-refractivity contribution is -0.114. The number of hydrogen-bond acceptors (Lipinski definition) is 1. The molecular weight excluding hydrogens is 277 g/mol. The highest BCUT2D eigenvalue weighted by atomic mass is 127. The Morgan fingerprint density at radius 2 is 1.92 bits per heavy atom. The lowest BCUT2D eigenvalue weighted by atomic mass is 10.1. The van der Waals surface area contributed by atoms with Crippen molar-refractivity contribution >= 4 is 34.2 Å². The van der Waals surface area contributed by atoms with E-state index in [1.807, 2.05) is 19.1 Å². The molecule has 1 aromatic carbocycles. The molecule has 0 radical (unpaired) electrons. The van der Waals surface area contributed by atoms with Crippen molar-refractivity contribution in [1.29, 1.82) is 0 Å². The molecule has 70 valence electrons. The van der Waals surface area contributed by atoms with Gasteiger partial charge in [-0.05, 0) is 59.7 Å². The Hall–Kier alpha value is -0.580. The van der Waals surface area contributed by atoms with Crippen molar-refractivity contribution in [3.05, 3.63) is 26.8 Å². The molecule has 0 fully saturated rings. The molecule has 1 aromatic rings. The van der Waals surface area contributed by atoms with Crippen LogP contribution < -0.4 is 5.32 Å². The summed E-state index contributed by atoms with van der Waals surface area (Å²) in [6, 6.07) is 3.94. The lowest BCUT2D eigenvalue weighted by Gasteiger charge is -2.10. The molecule has 0 aliphatic heterocycles. The standard InChI is InChI=1S/C10H12INO/c1-6-7(2)10(12-8(3)13)5-4-9(6)11/h4-5H,1-3H3,(H,12,13). The number of carbonyl (C=O) groups excluding carboxylic acids is 1. The summed E-state index contributed by atoms with van der Waals surface area (Å²) in [6.45, 7) is 5.60. The number of amides is 1. The van der Waals surface area contributed by atoms with E-state index in [1.165, 1.54) is 16.1 Å². The number of rotatable bonds is 1. The van der Waals surface area contributed by atoms with Crippen LogP contribution in [0.4, 0.5) is 5.69 Å². The van der Waals surface area contributed by atoms with Crippen LogP contribution in [0.3, 0.4) is 0 Å². The summed E-state index contributed by atoms with van der Waals surface area (Å²) in [7, 11) is 0. The van der Waals surface area contributed by atoms with Crippen molar-refractivity contribution in [2.45, 2.75) is 20.8 Å². The van der Waals surface area contributed by atoms with E-state index in [4.69, 9.17) is 0 Å². The molecule has 1 amide bonds. The monoisotopic (exact) mass is 289 g/mol. The molecule has 3 heteroatoms. The largest absolute Gasteiger partial charge is 0.326 e. The highest BCUT2D eigenvalue weighted by Crippen LogP contribution is 2.22. The van der Waals surface area contributed by atoms with E-state index in [0.29, 0.717) is 0 Å². The highest BCUT2D eigenvalue weighted by Gasteiger charge is 2.04.